The van der Waals surface area contributed by atoms with Crippen molar-refractivity contribution in [3.63, 3.8) is 0 Å². The van der Waals surface area contributed by atoms with Crippen LogP contribution in [0.3, 0.4) is 0 Å². The molecule has 17 heavy (non-hydrogen) atoms. The number of carboxylic acid groups (broad SMARTS) is 1. The van der Waals surface area contributed by atoms with E-state index in [0.717, 1.165) is 5.56 Å². The number of hydrogen-bond donors (Lipinski definition) is 3. The van der Waals surface area contributed by atoms with Gasteiger partial charge in [0.05, 0.1) is 0 Å². The summed E-state index contributed by atoms with van der Waals surface area (Å²) in [5, 5.41) is 11.1. The van der Waals surface area contributed by atoms with Crippen LogP contribution >= 0.6 is 0 Å². The first kappa shape index (κ1) is 13.2. The van der Waals surface area contributed by atoms with Crippen molar-refractivity contribution in [2.24, 2.45) is 5.73 Å². The first-order chi connectivity index (χ1) is 8.15. The standard InChI is InChI=1S/C12H16N2O3/c13-8-9-4-1-2-5-10(9)12(17)14-7-3-6-11(15)16/h1-2,4-5H,3,6-8,13H2,(H,14,17)(H,15,16). The lowest BCUT2D eigenvalue weighted by atomic mass is 10.1. The second-order valence-corrected chi connectivity index (χ2v) is 3.61. The number of carboxylic acids is 1. The van der Waals surface area contributed by atoms with Crippen molar-refractivity contribution in [1.29, 1.82) is 0 Å². The third kappa shape index (κ3) is 4.24. The zero-order valence-electron chi connectivity index (χ0n) is 9.48. The van der Waals surface area contributed by atoms with Crippen molar-refractivity contribution in [2.75, 3.05) is 6.54 Å². The maximum atomic E-state index is 11.8. The number of carbonyl (C=O) groups excluding carboxylic acids is 1. The van der Waals surface area contributed by atoms with Crippen LogP contribution in [0.5, 0.6) is 0 Å². The Morgan fingerprint density at radius 3 is 2.65 bits per heavy atom. The molecule has 0 atom stereocenters. The van der Waals surface area contributed by atoms with Crippen molar-refractivity contribution in [3.05, 3.63) is 35.4 Å². The predicted octanol–water partition coefficient (Wildman–Crippen LogP) is 0.740. The molecular weight excluding hydrogens is 220 g/mol. The Morgan fingerprint density at radius 1 is 1.29 bits per heavy atom. The van der Waals surface area contributed by atoms with Gasteiger partial charge in [-0.05, 0) is 18.1 Å². The molecule has 5 nitrogen and oxygen atoms in total. The highest BCUT2D eigenvalue weighted by Gasteiger charge is 2.08. The largest absolute Gasteiger partial charge is 0.481 e. The Balaban J connectivity index is 2.49. The van der Waals surface area contributed by atoms with Gasteiger partial charge in [0.15, 0.2) is 0 Å². The molecule has 92 valence electrons. The van der Waals surface area contributed by atoms with Gasteiger partial charge in [-0.1, -0.05) is 18.2 Å². The van der Waals surface area contributed by atoms with Gasteiger partial charge < -0.3 is 16.2 Å². The van der Waals surface area contributed by atoms with Gasteiger partial charge in [-0.3, -0.25) is 9.59 Å². The van der Waals surface area contributed by atoms with Gasteiger partial charge >= 0.3 is 5.97 Å². The lowest BCUT2D eigenvalue weighted by molar-refractivity contribution is -0.137. The molecule has 0 saturated carbocycles. The maximum absolute atomic E-state index is 11.8. The number of rotatable bonds is 6. The quantitative estimate of drug-likeness (QED) is 0.635. The SMILES string of the molecule is NCc1ccccc1C(=O)NCCCC(=O)O. The molecule has 0 bridgehead atoms. The van der Waals surface area contributed by atoms with Crippen molar-refractivity contribution in [1.82, 2.24) is 5.32 Å². The summed E-state index contributed by atoms with van der Waals surface area (Å²) in [5.41, 5.74) is 6.85. The molecule has 0 spiro atoms. The summed E-state index contributed by atoms with van der Waals surface area (Å²) in [7, 11) is 0. The summed E-state index contributed by atoms with van der Waals surface area (Å²) in [4.78, 5) is 22.0. The number of nitrogens with one attached hydrogen (secondary N) is 1. The van der Waals surface area contributed by atoms with E-state index in [1.807, 2.05) is 6.07 Å². The number of benzene rings is 1. The van der Waals surface area contributed by atoms with E-state index in [0.29, 0.717) is 25.1 Å². The highest BCUT2D eigenvalue weighted by molar-refractivity contribution is 5.95. The number of amides is 1. The molecule has 1 aromatic carbocycles. The lowest BCUT2D eigenvalue weighted by Crippen LogP contribution is -2.26. The van der Waals surface area contributed by atoms with Crippen LogP contribution in [-0.2, 0) is 11.3 Å². The molecule has 1 aromatic rings. The van der Waals surface area contributed by atoms with E-state index >= 15 is 0 Å². The number of hydrogen-bond acceptors (Lipinski definition) is 3. The summed E-state index contributed by atoms with van der Waals surface area (Å²) in [5.74, 6) is -1.07. The second-order valence-electron chi connectivity index (χ2n) is 3.61. The van der Waals surface area contributed by atoms with Gasteiger partial charge in [0.1, 0.15) is 0 Å². The highest BCUT2D eigenvalue weighted by Crippen LogP contribution is 2.07. The van der Waals surface area contributed by atoms with Crippen LogP contribution < -0.4 is 11.1 Å². The summed E-state index contributed by atoms with van der Waals surface area (Å²) < 4.78 is 0. The average Bonchev–Trinajstić information content (AvgIpc) is 2.34. The van der Waals surface area contributed by atoms with E-state index in [1.54, 1.807) is 18.2 Å². The average molecular weight is 236 g/mol. The summed E-state index contributed by atoms with van der Waals surface area (Å²) in [6.07, 6.45) is 0.477. The van der Waals surface area contributed by atoms with Gasteiger partial charge in [-0.2, -0.15) is 0 Å². The third-order valence-electron chi connectivity index (χ3n) is 2.33. The van der Waals surface area contributed by atoms with Crippen molar-refractivity contribution in [3.8, 4) is 0 Å². The molecule has 1 amide bonds. The van der Waals surface area contributed by atoms with E-state index in [4.69, 9.17) is 10.8 Å². The Hall–Kier alpha value is -1.88. The first-order valence-electron chi connectivity index (χ1n) is 5.43. The molecule has 1 rings (SSSR count). The molecule has 4 N–H and O–H groups in total. The molecule has 5 heteroatoms. The maximum Gasteiger partial charge on any atom is 0.303 e. The zero-order valence-corrected chi connectivity index (χ0v) is 9.48. The van der Waals surface area contributed by atoms with Gasteiger partial charge in [0, 0.05) is 25.1 Å². The van der Waals surface area contributed by atoms with Crippen LogP contribution in [-0.4, -0.2) is 23.5 Å². The molecule has 0 aliphatic carbocycles. The topological polar surface area (TPSA) is 92.4 Å². The molecule has 0 aliphatic rings. The molecule has 0 aromatic heterocycles. The smallest absolute Gasteiger partial charge is 0.303 e. The summed E-state index contributed by atoms with van der Waals surface area (Å²) in [6.45, 7) is 0.656. The second kappa shape index (κ2) is 6.65. The number of carbonyl (C=O) groups is 2. The van der Waals surface area contributed by atoms with Crippen LogP contribution in [0.1, 0.15) is 28.8 Å². The van der Waals surface area contributed by atoms with Crippen molar-refractivity contribution < 1.29 is 14.7 Å². The number of nitrogens with two attached hydrogens (primary N) is 1. The normalized spacial score (nSPS) is 9.94. The monoisotopic (exact) mass is 236 g/mol. The molecule has 0 radical (unpaired) electrons. The lowest BCUT2D eigenvalue weighted by Gasteiger charge is -2.08. The molecule has 0 saturated heterocycles. The van der Waals surface area contributed by atoms with Gasteiger partial charge in [-0.15, -0.1) is 0 Å². The van der Waals surface area contributed by atoms with E-state index in [1.165, 1.54) is 0 Å². The fourth-order valence-corrected chi connectivity index (χ4v) is 1.46. The molecule has 0 unspecified atom stereocenters. The van der Waals surface area contributed by atoms with E-state index < -0.39 is 5.97 Å². The molecule has 0 heterocycles. The fourth-order valence-electron chi connectivity index (χ4n) is 1.46. The van der Waals surface area contributed by atoms with Gasteiger partial charge in [-0.25, -0.2) is 0 Å². The highest BCUT2D eigenvalue weighted by atomic mass is 16.4. The van der Waals surface area contributed by atoms with E-state index in [-0.39, 0.29) is 12.3 Å². The predicted molar refractivity (Wildman–Crippen MR) is 63.5 cm³/mol. The minimum absolute atomic E-state index is 0.0544. The molecule has 0 fully saturated rings. The number of aliphatic carboxylic acids is 1. The Morgan fingerprint density at radius 2 is 2.00 bits per heavy atom. The Labute approximate surface area is 99.6 Å². The van der Waals surface area contributed by atoms with Crippen LogP contribution in [0.15, 0.2) is 24.3 Å². The van der Waals surface area contributed by atoms with Crippen LogP contribution in [0.25, 0.3) is 0 Å². The first-order valence-corrected chi connectivity index (χ1v) is 5.43. The van der Waals surface area contributed by atoms with Crippen LogP contribution in [0.2, 0.25) is 0 Å². The molecular formula is C12H16N2O3. The third-order valence-corrected chi connectivity index (χ3v) is 2.33. The van der Waals surface area contributed by atoms with Crippen LogP contribution in [0, 0.1) is 0 Å². The Bertz CT molecular complexity index is 404. The van der Waals surface area contributed by atoms with Gasteiger partial charge in [0.2, 0.25) is 0 Å². The Kier molecular flexibility index (Phi) is 5.16. The van der Waals surface area contributed by atoms with E-state index in [9.17, 15) is 9.59 Å². The van der Waals surface area contributed by atoms with Crippen molar-refractivity contribution >= 4 is 11.9 Å². The van der Waals surface area contributed by atoms with Crippen LogP contribution in [0.4, 0.5) is 0 Å². The summed E-state index contributed by atoms with van der Waals surface area (Å²) in [6, 6.07) is 7.09. The fraction of sp³-hybridized carbons (Fsp3) is 0.333. The summed E-state index contributed by atoms with van der Waals surface area (Å²) >= 11 is 0. The van der Waals surface area contributed by atoms with Crippen molar-refractivity contribution in [2.45, 2.75) is 19.4 Å². The molecule has 0 aliphatic heterocycles. The van der Waals surface area contributed by atoms with Gasteiger partial charge in [0.25, 0.3) is 5.91 Å². The zero-order chi connectivity index (χ0) is 12.7. The minimum atomic E-state index is -0.860. The van der Waals surface area contributed by atoms with E-state index in [2.05, 4.69) is 5.32 Å². The minimum Gasteiger partial charge on any atom is -0.481 e.